The van der Waals surface area contributed by atoms with E-state index < -0.39 is 5.60 Å². The molecule has 1 saturated heterocycles. The highest BCUT2D eigenvalue weighted by molar-refractivity contribution is 9.10. The first-order chi connectivity index (χ1) is 6.12. The van der Waals surface area contributed by atoms with E-state index in [1.807, 2.05) is 22.5 Å². The smallest absolute Gasteiger partial charge is 0.102 e. The quantitative estimate of drug-likeness (QED) is 0.851. The van der Waals surface area contributed by atoms with Crippen LogP contribution in [0.4, 0.5) is 0 Å². The van der Waals surface area contributed by atoms with E-state index in [-0.39, 0.29) is 0 Å². The molecule has 4 heteroatoms. The van der Waals surface area contributed by atoms with Crippen molar-refractivity contribution in [1.29, 1.82) is 0 Å². The summed E-state index contributed by atoms with van der Waals surface area (Å²) in [6.07, 6.45) is 0.868. The molecule has 13 heavy (non-hydrogen) atoms. The van der Waals surface area contributed by atoms with Gasteiger partial charge in [-0.15, -0.1) is 0 Å². The van der Waals surface area contributed by atoms with Gasteiger partial charge in [-0.05, 0) is 27.7 Å². The molecule has 1 aromatic heterocycles. The van der Waals surface area contributed by atoms with E-state index in [1.165, 1.54) is 0 Å². The van der Waals surface area contributed by atoms with Crippen molar-refractivity contribution in [2.24, 2.45) is 0 Å². The summed E-state index contributed by atoms with van der Waals surface area (Å²) in [4.78, 5) is 0. The van der Waals surface area contributed by atoms with E-state index in [0.717, 1.165) is 22.2 Å². The number of halogens is 1. The molecule has 1 fully saturated rings. The summed E-state index contributed by atoms with van der Waals surface area (Å²) >= 11 is 6.95. The molecule has 2 unspecified atom stereocenters. The third kappa shape index (κ3) is 1.82. The number of thiophene rings is 1. The molecule has 0 aromatic carbocycles. The molecule has 1 aliphatic rings. The molecule has 0 radical (unpaired) electrons. The van der Waals surface area contributed by atoms with E-state index >= 15 is 0 Å². The Labute approximate surface area is 94.7 Å². The van der Waals surface area contributed by atoms with Crippen LogP contribution in [-0.4, -0.2) is 16.1 Å². The summed E-state index contributed by atoms with van der Waals surface area (Å²) in [5.41, 5.74) is 0.470. The van der Waals surface area contributed by atoms with Crippen LogP contribution in [0.3, 0.4) is 0 Å². The number of aliphatic hydroxyl groups is 1. The first-order valence-corrected chi connectivity index (χ1v) is 6.96. The van der Waals surface area contributed by atoms with Crippen LogP contribution in [0.5, 0.6) is 0 Å². The van der Waals surface area contributed by atoms with E-state index in [9.17, 15) is 5.11 Å². The van der Waals surface area contributed by atoms with Crippen molar-refractivity contribution in [3.8, 4) is 0 Å². The van der Waals surface area contributed by atoms with Crippen molar-refractivity contribution in [2.45, 2.75) is 24.2 Å². The molecule has 72 valence electrons. The molecule has 2 heterocycles. The minimum atomic E-state index is -0.594. The Kier molecular flexibility index (Phi) is 2.75. The molecular formula is C9H11BrOS2. The highest BCUT2D eigenvalue weighted by atomic mass is 79.9. The highest BCUT2D eigenvalue weighted by Gasteiger charge is 2.39. The molecule has 0 amide bonds. The molecule has 1 nitrogen and oxygen atoms in total. The maximum absolute atomic E-state index is 10.4. The van der Waals surface area contributed by atoms with Crippen LogP contribution in [0.2, 0.25) is 0 Å². The zero-order valence-corrected chi connectivity index (χ0v) is 10.5. The number of hydrogen-bond donors (Lipinski definition) is 1. The van der Waals surface area contributed by atoms with Crippen LogP contribution in [0.15, 0.2) is 15.2 Å². The summed E-state index contributed by atoms with van der Waals surface area (Å²) in [5.74, 6) is 0.823. The lowest BCUT2D eigenvalue weighted by molar-refractivity contribution is 0.0609. The Morgan fingerprint density at radius 1 is 1.62 bits per heavy atom. The summed E-state index contributed by atoms with van der Waals surface area (Å²) in [6.45, 7) is 2.17. The summed E-state index contributed by atoms with van der Waals surface area (Å²) in [5, 5.41) is 15.0. The first-order valence-electron chi connectivity index (χ1n) is 4.18. The summed E-state index contributed by atoms with van der Waals surface area (Å²) in [6, 6.07) is 0. The Morgan fingerprint density at radius 2 is 2.38 bits per heavy atom. The van der Waals surface area contributed by atoms with Crippen molar-refractivity contribution < 1.29 is 5.11 Å². The van der Waals surface area contributed by atoms with Gasteiger partial charge >= 0.3 is 0 Å². The van der Waals surface area contributed by atoms with Gasteiger partial charge in [-0.2, -0.15) is 23.1 Å². The fraction of sp³-hybridized carbons (Fsp3) is 0.556. The first kappa shape index (κ1) is 10.0. The molecular weight excluding hydrogens is 268 g/mol. The van der Waals surface area contributed by atoms with E-state index in [1.54, 1.807) is 11.3 Å². The predicted octanol–water partition coefficient (Wildman–Crippen LogP) is 3.22. The lowest BCUT2D eigenvalue weighted by atomic mass is 9.94. The largest absolute Gasteiger partial charge is 0.384 e. The van der Waals surface area contributed by atoms with Crippen LogP contribution in [0, 0.1) is 0 Å². The number of rotatable bonds is 1. The summed E-state index contributed by atoms with van der Waals surface area (Å²) < 4.78 is 1.05. The maximum Gasteiger partial charge on any atom is 0.102 e. The normalized spacial score (nSPS) is 33.9. The Bertz CT molecular complexity index is 312. The van der Waals surface area contributed by atoms with Gasteiger partial charge in [0.05, 0.1) is 0 Å². The SMILES string of the molecule is CC1CC(O)(c2cscc2Br)CS1. The lowest BCUT2D eigenvalue weighted by Gasteiger charge is -2.21. The summed E-state index contributed by atoms with van der Waals surface area (Å²) in [7, 11) is 0. The van der Waals surface area contributed by atoms with Gasteiger partial charge < -0.3 is 5.11 Å². The topological polar surface area (TPSA) is 20.2 Å². The average Bonchev–Trinajstić information content (AvgIpc) is 2.59. The van der Waals surface area contributed by atoms with Crippen molar-refractivity contribution in [2.75, 3.05) is 5.75 Å². The number of hydrogen-bond acceptors (Lipinski definition) is 3. The average molecular weight is 279 g/mol. The molecule has 1 N–H and O–H groups in total. The molecule has 2 atom stereocenters. The van der Waals surface area contributed by atoms with Gasteiger partial charge in [-0.3, -0.25) is 0 Å². The van der Waals surface area contributed by atoms with Crippen LogP contribution in [-0.2, 0) is 5.60 Å². The van der Waals surface area contributed by atoms with Gasteiger partial charge in [0.15, 0.2) is 0 Å². The predicted molar refractivity (Wildman–Crippen MR) is 62.5 cm³/mol. The van der Waals surface area contributed by atoms with E-state index in [2.05, 4.69) is 22.9 Å². The zero-order valence-electron chi connectivity index (χ0n) is 7.29. The molecule has 1 aromatic rings. The minimum absolute atomic E-state index is 0.566. The Balaban J connectivity index is 2.30. The van der Waals surface area contributed by atoms with Gasteiger partial charge in [-0.25, -0.2) is 0 Å². The second-order valence-corrected chi connectivity index (χ2v) is 6.52. The van der Waals surface area contributed by atoms with E-state index in [0.29, 0.717) is 5.25 Å². The van der Waals surface area contributed by atoms with Gasteiger partial charge in [0.25, 0.3) is 0 Å². The van der Waals surface area contributed by atoms with Gasteiger partial charge in [0.2, 0.25) is 0 Å². The second kappa shape index (κ2) is 3.57. The van der Waals surface area contributed by atoms with Crippen molar-refractivity contribution in [3.63, 3.8) is 0 Å². The van der Waals surface area contributed by atoms with Crippen LogP contribution in [0.25, 0.3) is 0 Å². The fourth-order valence-corrected chi connectivity index (χ4v) is 4.66. The van der Waals surface area contributed by atoms with Crippen LogP contribution >= 0.6 is 39.0 Å². The molecule has 2 rings (SSSR count). The van der Waals surface area contributed by atoms with Gasteiger partial charge in [0, 0.05) is 26.4 Å². The second-order valence-electron chi connectivity index (χ2n) is 3.49. The van der Waals surface area contributed by atoms with Crippen LogP contribution in [0.1, 0.15) is 18.9 Å². The third-order valence-electron chi connectivity index (χ3n) is 2.35. The molecule has 0 spiro atoms. The highest BCUT2D eigenvalue weighted by Crippen LogP contribution is 2.44. The molecule has 0 bridgehead atoms. The van der Waals surface area contributed by atoms with Gasteiger partial charge in [-0.1, -0.05) is 6.92 Å². The molecule has 1 aliphatic heterocycles. The van der Waals surface area contributed by atoms with Crippen LogP contribution < -0.4 is 0 Å². The van der Waals surface area contributed by atoms with Gasteiger partial charge in [0.1, 0.15) is 5.60 Å². The fourth-order valence-electron chi connectivity index (χ4n) is 1.67. The minimum Gasteiger partial charge on any atom is -0.384 e. The Hall–Kier alpha value is 0.490. The maximum atomic E-state index is 10.4. The zero-order chi connectivity index (χ0) is 9.47. The van der Waals surface area contributed by atoms with Crippen molar-refractivity contribution >= 4 is 39.0 Å². The molecule has 0 aliphatic carbocycles. The Morgan fingerprint density at radius 3 is 2.85 bits per heavy atom. The molecule has 0 saturated carbocycles. The third-order valence-corrected chi connectivity index (χ3v) is 5.43. The van der Waals surface area contributed by atoms with Crippen molar-refractivity contribution in [3.05, 3.63) is 20.8 Å². The van der Waals surface area contributed by atoms with Crippen molar-refractivity contribution in [1.82, 2.24) is 0 Å². The monoisotopic (exact) mass is 278 g/mol. The lowest BCUT2D eigenvalue weighted by Crippen LogP contribution is -2.25. The van der Waals surface area contributed by atoms with E-state index in [4.69, 9.17) is 0 Å². The number of thioether (sulfide) groups is 1. The standard InChI is InChI=1S/C9H11BrOS2/c1-6-2-9(11,5-13-6)7-3-12-4-8(7)10/h3-4,6,11H,2,5H2,1H3.